The fourth-order valence-corrected chi connectivity index (χ4v) is 8.64. The topological polar surface area (TPSA) is 182 Å². The molecule has 1 saturated carbocycles. The number of nitrogens with one attached hydrogen (secondary N) is 3. The number of carbonyl (C=O) groups is 4. The minimum Gasteiger partial charge on any atom is -0.493 e. The number of aromatic nitrogens is 1. The first-order valence-electron chi connectivity index (χ1n) is 18.8. The lowest BCUT2D eigenvalue weighted by Crippen LogP contribution is -2.62. The zero-order chi connectivity index (χ0) is 40.9. The third-order valence-corrected chi connectivity index (χ3v) is 12.3. The average molecular weight is 804 g/mol. The number of thioether (sulfide) groups is 1. The number of benzene rings is 1. The van der Waals surface area contributed by atoms with E-state index in [1.165, 1.54) is 17.9 Å². The number of rotatable bonds is 16. The normalized spacial score (nSPS) is 19.2. The van der Waals surface area contributed by atoms with Crippen LogP contribution in [0.25, 0.3) is 10.8 Å². The predicted molar refractivity (Wildman–Crippen MR) is 213 cm³/mol. The largest absolute Gasteiger partial charge is 0.493 e. The molecule has 2 fully saturated rings. The summed E-state index contributed by atoms with van der Waals surface area (Å²) >= 11 is 1.67. The van der Waals surface area contributed by atoms with E-state index in [1.807, 2.05) is 25.1 Å². The zero-order valence-corrected chi connectivity index (χ0v) is 35.1. The molecule has 1 saturated heterocycles. The van der Waals surface area contributed by atoms with Crippen molar-refractivity contribution in [2.24, 2.45) is 5.41 Å². The molecule has 2 aromatic rings. The number of amides is 4. The van der Waals surface area contributed by atoms with Crippen LogP contribution in [0.1, 0.15) is 94.4 Å². The molecule has 4 atom stereocenters. The lowest BCUT2D eigenvalue weighted by atomic mass is 9.85. The lowest BCUT2D eigenvalue weighted by molar-refractivity contribution is -0.143. The van der Waals surface area contributed by atoms with Crippen LogP contribution < -0.4 is 24.8 Å². The Morgan fingerprint density at radius 1 is 1.05 bits per heavy atom. The summed E-state index contributed by atoms with van der Waals surface area (Å²) in [6.07, 6.45) is 3.24. The third-order valence-electron chi connectivity index (χ3n) is 9.13. The third kappa shape index (κ3) is 11.0. The predicted octanol–water partition coefficient (Wildman–Crippen LogP) is 5.48. The highest BCUT2D eigenvalue weighted by Crippen LogP contribution is 2.40. The summed E-state index contributed by atoms with van der Waals surface area (Å²) in [7, 11) is -3.93. The number of carbonyl (C=O) groups excluding carboxylic acids is 4. The molecule has 2 aliphatic rings. The van der Waals surface area contributed by atoms with Gasteiger partial charge in [0.1, 0.15) is 35.1 Å². The molecule has 4 rings (SSSR count). The fourth-order valence-electron chi connectivity index (χ4n) is 6.22. The summed E-state index contributed by atoms with van der Waals surface area (Å²) in [5.74, 6) is -0.270. The van der Waals surface area contributed by atoms with Crippen LogP contribution in [0.15, 0.2) is 41.9 Å². The molecule has 2 heterocycles. The van der Waals surface area contributed by atoms with Gasteiger partial charge in [-0.25, -0.2) is 18.2 Å². The fraction of sp³-hybridized carbons (Fsp3) is 0.615. The maximum atomic E-state index is 14.6. The summed E-state index contributed by atoms with van der Waals surface area (Å²) in [5.41, 5.74) is -3.39. The van der Waals surface area contributed by atoms with Crippen LogP contribution in [-0.2, 0) is 29.1 Å². The van der Waals surface area contributed by atoms with E-state index in [4.69, 9.17) is 14.2 Å². The SMILES string of the molecule is C=CC[C@](C)(NC(=O)[C@@H]1C[C@@H](Oc2nccc3c(SCCC)c(OCC)ccc23)CN1C(=O)[C@@H](NC(=O)OC(C)(C)C)C(C)(C)C)C(=O)NS(=O)(=O)C1CC1. The number of hydrogen-bond donors (Lipinski definition) is 3. The van der Waals surface area contributed by atoms with E-state index in [1.54, 1.807) is 59.5 Å². The summed E-state index contributed by atoms with van der Waals surface area (Å²) < 4.78 is 45.5. The number of ether oxygens (including phenoxy) is 3. The van der Waals surface area contributed by atoms with Gasteiger partial charge in [0.25, 0.3) is 5.91 Å². The van der Waals surface area contributed by atoms with Gasteiger partial charge in [0.05, 0.1) is 23.3 Å². The molecule has 0 unspecified atom stereocenters. The van der Waals surface area contributed by atoms with Gasteiger partial charge >= 0.3 is 6.09 Å². The molecule has 14 nitrogen and oxygen atoms in total. The van der Waals surface area contributed by atoms with Crippen molar-refractivity contribution in [1.82, 2.24) is 25.2 Å². The maximum absolute atomic E-state index is 14.6. The van der Waals surface area contributed by atoms with Gasteiger partial charge in [-0.15, -0.1) is 18.3 Å². The molecule has 1 aliphatic carbocycles. The van der Waals surface area contributed by atoms with Crippen molar-refractivity contribution in [1.29, 1.82) is 0 Å². The molecule has 0 spiro atoms. The Balaban J connectivity index is 1.71. The number of likely N-dealkylation sites (tertiary alicyclic amines) is 1. The van der Waals surface area contributed by atoms with Gasteiger partial charge in [0, 0.05) is 23.4 Å². The molecular formula is C39H57N5O9S2. The standard InChI is InChI=1S/C39H57N5O9S2/c1-11-19-39(10,35(47)43-55(49,50)25-14-15-25)42-32(45)28-22-24(23-44(28)34(46)31(37(4,5)6)41-36(48)53-38(7,8)9)52-33-27-16-17-29(51-13-3)30(54-21-12-2)26(27)18-20-40-33/h11,16-18,20,24-25,28,31H,1,12-15,19,21-23H2,2-10H3,(H,41,48)(H,42,45)(H,43,47)/t24-,28+,31-,39+/m1/s1. The van der Waals surface area contributed by atoms with Gasteiger partial charge in [0.15, 0.2) is 0 Å². The van der Waals surface area contributed by atoms with Crippen molar-refractivity contribution in [2.45, 2.75) is 134 Å². The van der Waals surface area contributed by atoms with Gasteiger partial charge in [-0.05, 0) is 89.7 Å². The van der Waals surface area contributed by atoms with Crippen LogP contribution in [0.3, 0.4) is 0 Å². The summed E-state index contributed by atoms with van der Waals surface area (Å²) in [4.78, 5) is 62.2. The van der Waals surface area contributed by atoms with E-state index in [0.29, 0.717) is 25.3 Å². The van der Waals surface area contributed by atoms with Crippen molar-refractivity contribution >= 4 is 56.4 Å². The van der Waals surface area contributed by atoms with Gasteiger partial charge in [-0.3, -0.25) is 19.1 Å². The van der Waals surface area contributed by atoms with E-state index < -0.39 is 73.8 Å². The zero-order valence-electron chi connectivity index (χ0n) is 33.4. The first kappa shape index (κ1) is 43.7. The van der Waals surface area contributed by atoms with E-state index in [2.05, 4.69) is 33.8 Å². The maximum Gasteiger partial charge on any atom is 0.408 e. The van der Waals surface area contributed by atoms with E-state index in [-0.39, 0.29) is 19.4 Å². The second kappa shape index (κ2) is 17.4. The van der Waals surface area contributed by atoms with Gasteiger partial charge in [0.2, 0.25) is 27.7 Å². The lowest BCUT2D eigenvalue weighted by Gasteiger charge is -2.36. The molecule has 4 amide bonds. The van der Waals surface area contributed by atoms with Crippen molar-refractivity contribution < 1.29 is 41.8 Å². The van der Waals surface area contributed by atoms with Crippen LogP contribution in [0.4, 0.5) is 4.79 Å². The highest BCUT2D eigenvalue weighted by molar-refractivity contribution is 7.99. The molecule has 16 heteroatoms. The molecule has 1 aliphatic heterocycles. The molecule has 304 valence electrons. The number of alkyl carbamates (subject to hydrolysis) is 1. The van der Waals surface area contributed by atoms with E-state index >= 15 is 0 Å². The van der Waals surface area contributed by atoms with Crippen LogP contribution in [0.5, 0.6) is 11.6 Å². The monoisotopic (exact) mass is 803 g/mol. The number of fused-ring (bicyclic) bond motifs is 1. The summed E-state index contributed by atoms with van der Waals surface area (Å²) in [6, 6.07) is 3.33. The Bertz CT molecular complexity index is 1870. The van der Waals surface area contributed by atoms with Crippen LogP contribution in [0, 0.1) is 5.41 Å². The van der Waals surface area contributed by atoms with Crippen molar-refractivity contribution in [3.8, 4) is 11.6 Å². The highest BCUT2D eigenvalue weighted by Gasteiger charge is 2.49. The first-order valence-corrected chi connectivity index (χ1v) is 21.3. The smallest absolute Gasteiger partial charge is 0.408 e. The number of nitrogens with zero attached hydrogens (tertiary/aromatic N) is 2. The Morgan fingerprint density at radius 3 is 2.33 bits per heavy atom. The molecule has 3 N–H and O–H groups in total. The Morgan fingerprint density at radius 2 is 1.75 bits per heavy atom. The van der Waals surface area contributed by atoms with E-state index in [0.717, 1.165) is 33.6 Å². The van der Waals surface area contributed by atoms with Crippen LogP contribution in [-0.4, -0.2) is 95.6 Å². The molecule has 55 heavy (non-hydrogen) atoms. The number of sulfonamides is 1. The first-order chi connectivity index (χ1) is 25.6. The summed E-state index contributed by atoms with van der Waals surface area (Å²) in [5, 5.41) is 6.39. The van der Waals surface area contributed by atoms with Crippen molar-refractivity contribution in [3.05, 3.63) is 37.1 Å². The van der Waals surface area contributed by atoms with Gasteiger partial charge < -0.3 is 29.7 Å². The minimum absolute atomic E-state index is 0.000423. The van der Waals surface area contributed by atoms with Crippen molar-refractivity contribution in [2.75, 3.05) is 18.9 Å². The van der Waals surface area contributed by atoms with E-state index in [9.17, 15) is 27.6 Å². The minimum atomic E-state index is -3.93. The quantitative estimate of drug-likeness (QED) is 0.144. The molecule has 0 bridgehead atoms. The number of pyridine rings is 1. The van der Waals surface area contributed by atoms with Gasteiger partial charge in [-0.1, -0.05) is 33.8 Å². The second-order valence-electron chi connectivity index (χ2n) is 16.3. The van der Waals surface area contributed by atoms with Crippen LogP contribution >= 0.6 is 11.8 Å². The van der Waals surface area contributed by atoms with Crippen molar-refractivity contribution in [3.63, 3.8) is 0 Å². The van der Waals surface area contributed by atoms with Crippen LogP contribution in [0.2, 0.25) is 0 Å². The highest BCUT2D eigenvalue weighted by atomic mass is 32.2. The number of hydrogen-bond acceptors (Lipinski definition) is 11. The van der Waals surface area contributed by atoms with Gasteiger partial charge in [-0.2, -0.15) is 0 Å². The second-order valence-corrected chi connectivity index (χ2v) is 19.4. The molecular weight excluding hydrogens is 747 g/mol. The summed E-state index contributed by atoms with van der Waals surface area (Å²) in [6.45, 7) is 20.0. The molecule has 1 aromatic carbocycles. The Hall–Kier alpha value is -4.05. The average Bonchev–Trinajstić information content (AvgIpc) is 3.86. The Labute approximate surface area is 329 Å². The Kier molecular flexibility index (Phi) is 13.8. The molecule has 1 aromatic heterocycles. The molecule has 0 radical (unpaired) electrons.